The summed E-state index contributed by atoms with van der Waals surface area (Å²) in [5, 5.41) is 11.0. The molecule has 0 aromatic heterocycles. The summed E-state index contributed by atoms with van der Waals surface area (Å²) in [6, 6.07) is 12.9. The fourth-order valence-corrected chi connectivity index (χ4v) is 1.79. The van der Waals surface area contributed by atoms with Crippen LogP contribution in [0.15, 0.2) is 42.5 Å². The summed E-state index contributed by atoms with van der Waals surface area (Å²) >= 11 is 0. The van der Waals surface area contributed by atoms with Gasteiger partial charge in [-0.3, -0.25) is 4.79 Å². The molecule has 0 saturated carbocycles. The average molecular weight is 271 g/mol. The first-order valence-electron chi connectivity index (χ1n) is 5.13. The Kier molecular flexibility index (Phi) is 7.59. The van der Waals surface area contributed by atoms with Gasteiger partial charge in [0.15, 0.2) is 0 Å². The van der Waals surface area contributed by atoms with Crippen molar-refractivity contribution >= 4 is 30.2 Å². The van der Waals surface area contributed by atoms with E-state index in [4.69, 9.17) is 10.8 Å². The van der Waals surface area contributed by atoms with Crippen LogP contribution in [0, 0.1) is 0 Å². The number of rotatable bonds is 3. The third-order valence-electron chi connectivity index (χ3n) is 2.64. The van der Waals surface area contributed by atoms with E-state index in [1.807, 2.05) is 42.5 Å². The quantitative estimate of drug-likeness (QED) is 0.406. The molecule has 0 heterocycles. The molecule has 2 aromatic carbocycles. The van der Waals surface area contributed by atoms with Crippen molar-refractivity contribution in [1.82, 2.24) is 0 Å². The molecule has 0 bridgehead atoms. The summed E-state index contributed by atoms with van der Waals surface area (Å²) in [6.45, 7) is 0. The molecule has 3 N–H and O–H groups in total. The van der Waals surface area contributed by atoms with Crippen LogP contribution in [-0.4, -0.2) is 17.1 Å². The van der Waals surface area contributed by atoms with Crippen molar-refractivity contribution in [2.75, 3.05) is 0 Å². The minimum absolute atomic E-state index is 0. The van der Waals surface area contributed by atoms with E-state index in [0.717, 1.165) is 16.3 Å². The first kappa shape index (κ1) is 17.5. The maximum absolute atomic E-state index is 10.7. The van der Waals surface area contributed by atoms with Gasteiger partial charge in [0.1, 0.15) is 6.04 Å². The molecule has 2 aromatic rings. The van der Waals surface area contributed by atoms with E-state index in [1.165, 1.54) is 0 Å². The van der Waals surface area contributed by atoms with E-state index in [-0.39, 0.29) is 43.1 Å². The van der Waals surface area contributed by atoms with Gasteiger partial charge in [0.05, 0.1) is 0 Å². The van der Waals surface area contributed by atoms with Gasteiger partial charge >= 0.3 is 35.5 Å². The van der Waals surface area contributed by atoms with Crippen molar-refractivity contribution < 1.29 is 39.5 Å². The molecule has 0 aliphatic heterocycles. The number of fused-ring (bicyclic) bond motifs is 1. The Balaban J connectivity index is 0.00000144. The largest absolute Gasteiger partial charge is 1.00 e. The minimum Gasteiger partial charge on any atom is -0.813 e. The molecule has 90 valence electrons. The Morgan fingerprint density at radius 1 is 1.17 bits per heavy atom. The number of carbonyl (C=O) groups is 1. The first-order chi connectivity index (χ1) is 7.68. The third kappa shape index (κ3) is 4.00. The number of thiol groups is 1. The molecule has 0 spiro atoms. The van der Waals surface area contributed by atoms with Crippen molar-refractivity contribution in [2.24, 2.45) is 5.73 Å². The van der Waals surface area contributed by atoms with Crippen LogP contribution in [0.3, 0.4) is 0 Å². The van der Waals surface area contributed by atoms with Crippen LogP contribution in [-0.2, 0) is 24.7 Å². The van der Waals surface area contributed by atoms with Gasteiger partial charge in [0, 0.05) is 0 Å². The normalized spacial score (nSPS) is 11.2. The SMILES string of the molecule is N[C@@H](Cc1cccc2ccccc12)C(=O)O.[Na+].[SH-]. The van der Waals surface area contributed by atoms with E-state index in [9.17, 15) is 4.79 Å². The topological polar surface area (TPSA) is 63.3 Å². The maximum Gasteiger partial charge on any atom is 1.00 e. The Morgan fingerprint density at radius 3 is 2.44 bits per heavy atom. The molecule has 0 radical (unpaired) electrons. The van der Waals surface area contributed by atoms with Crippen LogP contribution in [0.25, 0.3) is 10.8 Å². The van der Waals surface area contributed by atoms with Gasteiger partial charge in [-0.05, 0) is 22.8 Å². The predicted octanol–water partition coefficient (Wildman–Crippen LogP) is -1.47. The van der Waals surface area contributed by atoms with E-state index in [2.05, 4.69) is 0 Å². The van der Waals surface area contributed by atoms with Crippen LogP contribution < -0.4 is 35.3 Å². The molecule has 0 aliphatic carbocycles. The fraction of sp³-hybridized carbons (Fsp3) is 0.154. The molecule has 0 saturated heterocycles. The van der Waals surface area contributed by atoms with Gasteiger partial charge in [-0.1, -0.05) is 42.5 Å². The number of hydrogen-bond donors (Lipinski definition) is 2. The summed E-state index contributed by atoms with van der Waals surface area (Å²) in [6.07, 6.45) is 0.358. The number of nitrogens with two attached hydrogens (primary N) is 1. The molecule has 0 fully saturated rings. The number of benzene rings is 2. The number of aliphatic carboxylic acids is 1. The van der Waals surface area contributed by atoms with Gasteiger partial charge in [0.2, 0.25) is 0 Å². The maximum atomic E-state index is 10.7. The molecular weight excluding hydrogens is 257 g/mol. The zero-order valence-corrected chi connectivity index (χ0v) is 13.1. The van der Waals surface area contributed by atoms with Crippen molar-refractivity contribution in [3.63, 3.8) is 0 Å². The van der Waals surface area contributed by atoms with Crippen LogP contribution >= 0.6 is 0 Å². The fourth-order valence-electron chi connectivity index (χ4n) is 1.79. The van der Waals surface area contributed by atoms with Crippen molar-refractivity contribution in [3.05, 3.63) is 48.0 Å². The molecule has 0 amide bonds. The minimum atomic E-state index is -0.965. The summed E-state index contributed by atoms with van der Waals surface area (Å²) in [4.78, 5) is 10.7. The van der Waals surface area contributed by atoms with Crippen molar-refractivity contribution in [2.45, 2.75) is 12.5 Å². The number of hydrogen-bond acceptors (Lipinski definition) is 3. The monoisotopic (exact) mass is 271 g/mol. The molecule has 1 atom stereocenters. The van der Waals surface area contributed by atoms with Crippen LogP contribution in [0.2, 0.25) is 0 Å². The van der Waals surface area contributed by atoms with Gasteiger partial charge in [-0.2, -0.15) is 0 Å². The second kappa shape index (κ2) is 7.81. The predicted molar refractivity (Wildman–Crippen MR) is 72.0 cm³/mol. The van der Waals surface area contributed by atoms with Gasteiger partial charge in [0.25, 0.3) is 0 Å². The Morgan fingerprint density at radius 2 is 1.78 bits per heavy atom. The smallest absolute Gasteiger partial charge is 0.813 e. The van der Waals surface area contributed by atoms with Crippen LogP contribution in [0.4, 0.5) is 0 Å². The van der Waals surface area contributed by atoms with E-state index < -0.39 is 12.0 Å². The first-order valence-corrected chi connectivity index (χ1v) is 5.13. The van der Waals surface area contributed by atoms with Gasteiger partial charge < -0.3 is 24.3 Å². The molecule has 18 heavy (non-hydrogen) atoms. The molecule has 5 heteroatoms. The Hall–Kier alpha value is -0.520. The van der Waals surface area contributed by atoms with E-state index >= 15 is 0 Å². The van der Waals surface area contributed by atoms with Crippen molar-refractivity contribution in [1.29, 1.82) is 0 Å². The van der Waals surface area contributed by atoms with E-state index in [0.29, 0.717) is 6.42 Å². The Bertz CT molecular complexity index is 528. The summed E-state index contributed by atoms with van der Waals surface area (Å²) < 4.78 is 0. The molecule has 0 aliphatic rings. The van der Waals surface area contributed by atoms with Crippen LogP contribution in [0.1, 0.15) is 5.56 Å². The molecule has 3 nitrogen and oxygen atoms in total. The van der Waals surface area contributed by atoms with Gasteiger partial charge in [-0.25, -0.2) is 0 Å². The van der Waals surface area contributed by atoms with Gasteiger partial charge in [-0.15, -0.1) is 0 Å². The van der Waals surface area contributed by atoms with E-state index in [1.54, 1.807) is 0 Å². The second-order valence-corrected chi connectivity index (χ2v) is 3.79. The van der Waals surface area contributed by atoms with Crippen molar-refractivity contribution in [3.8, 4) is 0 Å². The zero-order chi connectivity index (χ0) is 11.5. The summed E-state index contributed by atoms with van der Waals surface area (Å²) in [5.41, 5.74) is 6.52. The standard InChI is InChI=1S/C13H13NO2.Na.H2S/c14-12(13(15)16)8-10-6-3-5-9-4-1-2-7-11(9)10;;/h1-7,12H,8,14H2,(H,15,16);;1H2/q;+1;/p-1/t12-;;/m0../s1. The average Bonchev–Trinajstić information content (AvgIpc) is 2.29. The number of carboxylic acids is 1. The second-order valence-electron chi connectivity index (χ2n) is 3.79. The zero-order valence-electron chi connectivity index (χ0n) is 10.2. The summed E-state index contributed by atoms with van der Waals surface area (Å²) in [7, 11) is 0. The molecular formula is C13H14NNaO2S. The molecule has 2 rings (SSSR count). The third-order valence-corrected chi connectivity index (χ3v) is 2.64. The Labute approximate surface area is 135 Å². The molecule has 0 unspecified atom stereocenters. The number of carboxylic acid groups (broad SMARTS) is 1. The summed E-state index contributed by atoms with van der Waals surface area (Å²) in [5.74, 6) is -0.965. The van der Waals surface area contributed by atoms with Crippen LogP contribution in [0.5, 0.6) is 0 Å².